The molecule has 0 aliphatic heterocycles. The van der Waals surface area contributed by atoms with Crippen LogP contribution in [0.4, 0.5) is 0 Å². The number of aliphatic hydroxyl groups excluding tert-OH is 1. The first-order chi connectivity index (χ1) is 10.3. The summed E-state index contributed by atoms with van der Waals surface area (Å²) in [6.07, 6.45) is 7.89. The quantitative estimate of drug-likeness (QED) is 0.566. The Labute approximate surface area is 128 Å². The van der Waals surface area contributed by atoms with Crippen molar-refractivity contribution in [1.82, 2.24) is 5.32 Å². The van der Waals surface area contributed by atoms with Gasteiger partial charge < -0.3 is 24.6 Å². The van der Waals surface area contributed by atoms with Crippen LogP contribution >= 0.6 is 0 Å². The number of methoxy groups -OCH3 is 1. The van der Waals surface area contributed by atoms with E-state index in [0.717, 1.165) is 45.3 Å². The second kappa shape index (κ2) is 9.06. The molecule has 5 nitrogen and oxygen atoms in total. The molecule has 0 spiro atoms. The summed E-state index contributed by atoms with van der Waals surface area (Å²) in [4.78, 5) is 0. The summed E-state index contributed by atoms with van der Waals surface area (Å²) in [7, 11) is 1.70. The first-order valence-electron chi connectivity index (χ1n) is 8.35. The van der Waals surface area contributed by atoms with Gasteiger partial charge in [-0.15, -0.1) is 0 Å². The van der Waals surface area contributed by atoms with Crippen LogP contribution in [0.25, 0.3) is 0 Å². The highest BCUT2D eigenvalue weighted by molar-refractivity contribution is 4.99. The van der Waals surface area contributed by atoms with Crippen LogP contribution < -0.4 is 5.32 Å². The van der Waals surface area contributed by atoms with Crippen molar-refractivity contribution in [3.63, 3.8) is 0 Å². The van der Waals surface area contributed by atoms with Gasteiger partial charge in [0.2, 0.25) is 0 Å². The van der Waals surface area contributed by atoms with Crippen molar-refractivity contribution in [3.05, 3.63) is 0 Å². The second-order valence-electron chi connectivity index (χ2n) is 6.40. The molecular weight excluding hydrogens is 270 g/mol. The predicted octanol–water partition coefficient (Wildman–Crippen LogP) is 1.48. The lowest BCUT2D eigenvalue weighted by Gasteiger charge is -2.40. The van der Waals surface area contributed by atoms with E-state index < -0.39 is 0 Å². The van der Waals surface area contributed by atoms with Gasteiger partial charge in [0.05, 0.1) is 25.9 Å². The third kappa shape index (κ3) is 6.20. The van der Waals surface area contributed by atoms with E-state index in [1.807, 2.05) is 0 Å². The Kier molecular flexibility index (Phi) is 7.40. The zero-order chi connectivity index (χ0) is 15.0. The van der Waals surface area contributed by atoms with Crippen LogP contribution in [0.5, 0.6) is 0 Å². The molecule has 2 aliphatic rings. The van der Waals surface area contributed by atoms with Gasteiger partial charge in [-0.3, -0.25) is 0 Å². The molecule has 5 heteroatoms. The molecule has 21 heavy (non-hydrogen) atoms. The molecule has 0 radical (unpaired) electrons. The smallest absolute Gasteiger partial charge is 0.0704 e. The largest absolute Gasteiger partial charge is 0.394 e. The van der Waals surface area contributed by atoms with Gasteiger partial charge in [-0.1, -0.05) is 0 Å². The van der Waals surface area contributed by atoms with Crippen molar-refractivity contribution in [2.45, 2.75) is 62.6 Å². The predicted molar refractivity (Wildman–Crippen MR) is 81.5 cm³/mol. The Morgan fingerprint density at radius 3 is 2.71 bits per heavy atom. The SMILES string of the molecule is COCCCOCCOC1CCCC(CO)(NC2CC2)C1. The van der Waals surface area contributed by atoms with Gasteiger partial charge >= 0.3 is 0 Å². The van der Waals surface area contributed by atoms with E-state index in [2.05, 4.69) is 5.32 Å². The van der Waals surface area contributed by atoms with Crippen molar-refractivity contribution < 1.29 is 19.3 Å². The molecule has 2 fully saturated rings. The minimum Gasteiger partial charge on any atom is -0.394 e. The molecule has 2 saturated carbocycles. The van der Waals surface area contributed by atoms with Gasteiger partial charge in [0.25, 0.3) is 0 Å². The van der Waals surface area contributed by atoms with Crippen LogP contribution in [0, 0.1) is 0 Å². The van der Waals surface area contributed by atoms with E-state index in [1.54, 1.807) is 7.11 Å². The molecule has 0 bridgehead atoms. The number of aliphatic hydroxyl groups is 1. The summed E-state index contributed by atoms with van der Waals surface area (Å²) in [6.45, 7) is 2.98. The normalized spacial score (nSPS) is 29.7. The van der Waals surface area contributed by atoms with Gasteiger partial charge in [-0.25, -0.2) is 0 Å². The highest BCUT2D eigenvalue weighted by Crippen LogP contribution is 2.33. The standard InChI is InChI=1S/C16H31NO4/c1-19-8-3-9-20-10-11-21-15-4-2-7-16(12-15,13-18)17-14-5-6-14/h14-15,17-18H,2-13H2,1H3. The van der Waals surface area contributed by atoms with Gasteiger partial charge in [0, 0.05) is 31.9 Å². The van der Waals surface area contributed by atoms with Gasteiger partial charge in [-0.2, -0.15) is 0 Å². The molecule has 0 aromatic heterocycles. The Morgan fingerprint density at radius 1 is 1.14 bits per heavy atom. The van der Waals surface area contributed by atoms with Gasteiger partial charge in [0.15, 0.2) is 0 Å². The average Bonchev–Trinajstić information content (AvgIpc) is 3.30. The minimum atomic E-state index is -0.108. The number of hydrogen-bond acceptors (Lipinski definition) is 5. The van der Waals surface area contributed by atoms with E-state index in [1.165, 1.54) is 12.8 Å². The van der Waals surface area contributed by atoms with Crippen LogP contribution in [0.3, 0.4) is 0 Å². The fraction of sp³-hybridized carbons (Fsp3) is 1.00. The Hall–Kier alpha value is -0.200. The lowest BCUT2D eigenvalue weighted by Crippen LogP contribution is -2.54. The van der Waals surface area contributed by atoms with Crippen molar-refractivity contribution in [3.8, 4) is 0 Å². The third-order valence-corrected chi connectivity index (χ3v) is 4.41. The number of nitrogens with one attached hydrogen (secondary N) is 1. The van der Waals surface area contributed by atoms with Crippen molar-refractivity contribution in [2.75, 3.05) is 40.1 Å². The highest BCUT2D eigenvalue weighted by Gasteiger charge is 2.40. The minimum absolute atomic E-state index is 0.108. The summed E-state index contributed by atoms with van der Waals surface area (Å²) in [6, 6.07) is 0.625. The summed E-state index contributed by atoms with van der Waals surface area (Å²) >= 11 is 0. The number of hydrogen-bond donors (Lipinski definition) is 2. The highest BCUT2D eigenvalue weighted by atomic mass is 16.5. The molecule has 2 rings (SSSR count). The van der Waals surface area contributed by atoms with E-state index >= 15 is 0 Å². The molecule has 2 unspecified atom stereocenters. The van der Waals surface area contributed by atoms with Gasteiger partial charge in [0.1, 0.15) is 0 Å². The number of ether oxygens (including phenoxy) is 3. The molecule has 124 valence electrons. The maximum Gasteiger partial charge on any atom is 0.0704 e. The fourth-order valence-electron chi connectivity index (χ4n) is 3.11. The van der Waals surface area contributed by atoms with Crippen molar-refractivity contribution >= 4 is 0 Å². The molecule has 0 aromatic rings. The maximum atomic E-state index is 9.77. The fourth-order valence-corrected chi connectivity index (χ4v) is 3.11. The Balaban J connectivity index is 1.59. The summed E-state index contributed by atoms with van der Waals surface area (Å²) in [5.74, 6) is 0. The topological polar surface area (TPSA) is 60.0 Å². The Morgan fingerprint density at radius 2 is 2.00 bits per heavy atom. The van der Waals surface area contributed by atoms with E-state index in [4.69, 9.17) is 14.2 Å². The number of rotatable bonds is 11. The monoisotopic (exact) mass is 301 g/mol. The third-order valence-electron chi connectivity index (χ3n) is 4.41. The van der Waals surface area contributed by atoms with Crippen LogP contribution in [0.1, 0.15) is 44.9 Å². The lowest BCUT2D eigenvalue weighted by molar-refractivity contribution is -0.0393. The van der Waals surface area contributed by atoms with Gasteiger partial charge in [-0.05, 0) is 44.9 Å². The molecule has 0 heterocycles. The maximum absolute atomic E-state index is 9.77. The zero-order valence-electron chi connectivity index (χ0n) is 13.3. The lowest BCUT2D eigenvalue weighted by atomic mass is 9.80. The van der Waals surface area contributed by atoms with Crippen LogP contribution in [-0.4, -0.2) is 62.9 Å². The average molecular weight is 301 g/mol. The van der Waals surface area contributed by atoms with E-state index in [-0.39, 0.29) is 18.2 Å². The molecule has 2 aliphatic carbocycles. The van der Waals surface area contributed by atoms with Crippen LogP contribution in [-0.2, 0) is 14.2 Å². The summed E-state index contributed by atoms with van der Waals surface area (Å²) in [5, 5.41) is 13.4. The summed E-state index contributed by atoms with van der Waals surface area (Å²) in [5.41, 5.74) is -0.108. The molecule has 0 saturated heterocycles. The molecule has 2 N–H and O–H groups in total. The first kappa shape index (κ1) is 17.2. The van der Waals surface area contributed by atoms with Crippen molar-refractivity contribution in [2.24, 2.45) is 0 Å². The second-order valence-corrected chi connectivity index (χ2v) is 6.40. The molecule has 2 atom stereocenters. The first-order valence-corrected chi connectivity index (χ1v) is 8.35. The van der Waals surface area contributed by atoms with E-state index in [0.29, 0.717) is 19.3 Å². The molecule has 0 amide bonds. The summed E-state index contributed by atoms with van der Waals surface area (Å²) < 4.78 is 16.4. The van der Waals surface area contributed by atoms with Crippen LogP contribution in [0.2, 0.25) is 0 Å². The van der Waals surface area contributed by atoms with Crippen LogP contribution in [0.15, 0.2) is 0 Å². The Bertz CT molecular complexity index is 285. The molecular formula is C16H31NO4. The van der Waals surface area contributed by atoms with Crippen molar-refractivity contribution in [1.29, 1.82) is 0 Å². The zero-order valence-corrected chi connectivity index (χ0v) is 13.3. The molecule has 0 aromatic carbocycles. The van der Waals surface area contributed by atoms with E-state index in [9.17, 15) is 5.11 Å².